The molecule has 1 atom stereocenters. The second-order valence-corrected chi connectivity index (χ2v) is 4.46. The summed E-state index contributed by atoms with van der Waals surface area (Å²) in [6, 6.07) is 12.3. The topological polar surface area (TPSA) is 37.0 Å². The highest BCUT2D eigenvalue weighted by atomic mass is 32.2. The molecule has 2 aromatic rings. The first kappa shape index (κ1) is 9.69. The van der Waals surface area contributed by atoms with E-state index in [2.05, 4.69) is 27.2 Å². The molecular weight excluding hydrogens is 218 g/mol. The molecule has 3 nitrogen and oxygen atoms in total. The van der Waals surface area contributed by atoms with E-state index >= 15 is 0 Å². The lowest BCUT2D eigenvalue weighted by molar-refractivity contribution is 0.755. The van der Waals surface area contributed by atoms with Gasteiger partial charge in [-0.3, -0.25) is 4.98 Å². The van der Waals surface area contributed by atoms with Gasteiger partial charge < -0.3 is 5.32 Å². The Morgan fingerprint density at radius 3 is 2.88 bits per heavy atom. The van der Waals surface area contributed by atoms with Crippen molar-refractivity contribution in [3.05, 3.63) is 54.4 Å². The lowest BCUT2D eigenvalue weighted by Gasteiger charge is -2.27. The number of pyridine rings is 1. The molecule has 16 heavy (non-hydrogen) atoms. The lowest BCUT2D eigenvalue weighted by Crippen LogP contribution is -2.26. The van der Waals surface area contributed by atoms with Gasteiger partial charge in [0.2, 0.25) is 0 Å². The number of benzene rings is 1. The van der Waals surface area contributed by atoms with Crippen molar-refractivity contribution in [1.82, 2.24) is 9.71 Å². The Bertz CT molecular complexity index is 487. The number of nitrogens with one attached hydrogen (secondary N) is 2. The van der Waals surface area contributed by atoms with Gasteiger partial charge in [0.05, 0.1) is 10.6 Å². The molecule has 2 N–H and O–H groups in total. The molecule has 4 heteroatoms. The van der Waals surface area contributed by atoms with E-state index in [-0.39, 0.29) is 6.17 Å². The second-order valence-electron chi connectivity index (χ2n) is 3.58. The number of hydrogen-bond donors (Lipinski definition) is 2. The third-order valence-corrected chi connectivity index (χ3v) is 3.40. The number of nitrogens with zero attached hydrogens (tertiary/aromatic N) is 1. The number of aromatic nitrogens is 1. The van der Waals surface area contributed by atoms with Crippen molar-refractivity contribution in [2.24, 2.45) is 0 Å². The fraction of sp³-hybridized carbons (Fsp3) is 0.0833. The van der Waals surface area contributed by atoms with Crippen LogP contribution in [0.15, 0.2) is 53.7 Å². The third kappa shape index (κ3) is 1.77. The Labute approximate surface area is 98.4 Å². The van der Waals surface area contributed by atoms with Crippen LogP contribution in [0.2, 0.25) is 0 Å². The first-order valence-corrected chi connectivity index (χ1v) is 5.93. The highest BCUT2D eigenvalue weighted by Crippen LogP contribution is 2.33. The van der Waals surface area contributed by atoms with E-state index in [4.69, 9.17) is 0 Å². The van der Waals surface area contributed by atoms with Gasteiger partial charge >= 0.3 is 0 Å². The first-order chi connectivity index (χ1) is 7.93. The van der Waals surface area contributed by atoms with Crippen molar-refractivity contribution < 1.29 is 0 Å². The van der Waals surface area contributed by atoms with Crippen molar-refractivity contribution in [2.45, 2.75) is 11.1 Å². The van der Waals surface area contributed by atoms with Crippen LogP contribution >= 0.6 is 11.9 Å². The van der Waals surface area contributed by atoms with E-state index in [9.17, 15) is 0 Å². The number of fused-ring (bicyclic) bond motifs is 1. The molecule has 1 aromatic carbocycles. The predicted molar refractivity (Wildman–Crippen MR) is 66.0 cm³/mol. The van der Waals surface area contributed by atoms with E-state index < -0.39 is 0 Å². The minimum atomic E-state index is 0.154. The van der Waals surface area contributed by atoms with Crippen LogP contribution in [-0.2, 0) is 0 Å². The Morgan fingerprint density at radius 2 is 2.00 bits per heavy atom. The fourth-order valence-electron chi connectivity index (χ4n) is 1.68. The molecule has 0 amide bonds. The van der Waals surface area contributed by atoms with Gasteiger partial charge in [0.1, 0.15) is 6.17 Å². The maximum absolute atomic E-state index is 4.09. The third-order valence-electron chi connectivity index (χ3n) is 2.50. The van der Waals surface area contributed by atoms with E-state index in [1.54, 1.807) is 18.1 Å². The fourth-order valence-corrected chi connectivity index (χ4v) is 2.48. The van der Waals surface area contributed by atoms with Gasteiger partial charge in [0, 0.05) is 12.4 Å². The number of anilines is 1. The maximum Gasteiger partial charge on any atom is 0.112 e. The number of hydrogen-bond acceptors (Lipinski definition) is 4. The van der Waals surface area contributed by atoms with E-state index in [1.807, 2.05) is 30.5 Å². The van der Waals surface area contributed by atoms with Gasteiger partial charge in [-0.15, -0.1) is 0 Å². The zero-order chi connectivity index (χ0) is 10.8. The minimum absolute atomic E-state index is 0.154. The molecule has 0 spiro atoms. The van der Waals surface area contributed by atoms with Crippen molar-refractivity contribution in [2.75, 3.05) is 5.32 Å². The van der Waals surface area contributed by atoms with Crippen LogP contribution < -0.4 is 10.0 Å². The summed E-state index contributed by atoms with van der Waals surface area (Å²) in [4.78, 5) is 5.23. The van der Waals surface area contributed by atoms with Crippen LogP contribution in [0.25, 0.3) is 0 Å². The van der Waals surface area contributed by atoms with Crippen molar-refractivity contribution in [1.29, 1.82) is 0 Å². The van der Waals surface area contributed by atoms with E-state index in [0.29, 0.717) is 0 Å². The summed E-state index contributed by atoms with van der Waals surface area (Å²) < 4.78 is 3.36. The largest absolute Gasteiger partial charge is 0.364 e. The summed E-state index contributed by atoms with van der Waals surface area (Å²) in [7, 11) is 0. The normalized spacial score (nSPS) is 18.6. The van der Waals surface area contributed by atoms with Crippen LogP contribution in [0, 0.1) is 0 Å². The predicted octanol–water partition coefficient (Wildman–Crippen LogP) is 2.80. The summed E-state index contributed by atoms with van der Waals surface area (Å²) in [5.41, 5.74) is 2.37. The Kier molecular flexibility index (Phi) is 2.52. The molecule has 0 fully saturated rings. The van der Waals surface area contributed by atoms with E-state index in [1.165, 1.54) is 5.56 Å². The van der Waals surface area contributed by atoms with Crippen molar-refractivity contribution in [3.63, 3.8) is 0 Å². The average molecular weight is 229 g/mol. The second kappa shape index (κ2) is 4.15. The van der Waals surface area contributed by atoms with Gasteiger partial charge in [-0.1, -0.05) is 30.3 Å². The van der Waals surface area contributed by atoms with Crippen LogP contribution in [0.5, 0.6) is 0 Å². The Hall–Kier alpha value is -1.52. The molecule has 0 saturated carbocycles. The molecule has 0 bridgehead atoms. The molecule has 1 aliphatic rings. The molecule has 1 unspecified atom stereocenters. The van der Waals surface area contributed by atoms with Gasteiger partial charge in [0.25, 0.3) is 0 Å². The maximum atomic E-state index is 4.09. The number of rotatable bonds is 1. The molecule has 2 heterocycles. The average Bonchev–Trinajstić information content (AvgIpc) is 2.39. The molecular formula is C12H11N3S. The Morgan fingerprint density at radius 1 is 1.12 bits per heavy atom. The first-order valence-electron chi connectivity index (χ1n) is 5.11. The van der Waals surface area contributed by atoms with Gasteiger partial charge in [-0.2, -0.15) is 0 Å². The van der Waals surface area contributed by atoms with Crippen LogP contribution in [0.4, 0.5) is 5.69 Å². The molecule has 0 saturated heterocycles. The highest BCUT2D eigenvalue weighted by Gasteiger charge is 2.18. The monoisotopic (exact) mass is 229 g/mol. The van der Waals surface area contributed by atoms with E-state index in [0.717, 1.165) is 10.6 Å². The van der Waals surface area contributed by atoms with Gasteiger partial charge in [0.15, 0.2) is 0 Å². The summed E-state index contributed by atoms with van der Waals surface area (Å²) >= 11 is 1.62. The van der Waals surface area contributed by atoms with Crippen LogP contribution in [0.3, 0.4) is 0 Å². The van der Waals surface area contributed by atoms with Crippen molar-refractivity contribution in [3.8, 4) is 0 Å². The minimum Gasteiger partial charge on any atom is -0.364 e. The lowest BCUT2D eigenvalue weighted by atomic mass is 10.2. The molecule has 80 valence electrons. The quantitative estimate of drug-likeness (QED) is 0.737. The van der Waals surface area contributed by atoms with Gasteiger partial charge in [-0.25, -0.2) is 4.72 Å². The molecule has 0 aliphatic carbocycles. The highest BCUT2D eigenvalue weighted by molar-refractivity contribution is 7.97. The zero-order valence-electron chi connectivity index (χ0n) is 8.55. The zero-order valence-corrected chi connectivity index (χ0v) is 9.37. The summed E-state index contributed by atoms with van der Waals surface area (Å²) in [5, 5.41) is 3.44. The summed E-state index contributed by atoms with van der Waals surface area (Å²) in [6.07, 6.45) is 3.82. The smallest absolute Gasteiger partial charge is 0.112 e. The SMILES string of the molecule is c1ccc(C2NSc3cnccc3N2)cc1. The molecule has 1 aliphatic heterocycles. The summed E-state index contributed by atoms with van der Waals surface area (Å²) in [6.45, 7) is 0. The van der Waals surface area contributed by atoms with Crippen molar-refractivity contribution >= 4 is 17.6 Å². The standard InChI is InChI=1S/C12H11N3S/c1-2-4-9(5-3-1)12-14-10-6-7-13-8-11(10)16-15-12/h1-8,12,14-15H. The molecule has 1 aromatic heterocycles. The molecule has 0 radical (unpaired) electrons. The van der Waals surface area contributed by atoms with Crippen LogP contribution in [-0.4, -0.2) is 4.98 Å². The summed E-state index contributed by atoms with van der Waals surface area (Å²) in [5.74, 6) is 0. The van der Waals surface area contributed by atoms with Gasteiger partial charge in [-0.05, 0) is 23.6 Å². The van der Waals surface area contributed by atoms with Crippen LogP contribution in [0.1, 0.15) is 11.7 Å². The Balaban J connectivity index is 1.89. The molecule has 3 rings (SSSR count).